The van der Waals surface area contributed by atoms with E-state index < -0.39 is 0 Å². The van der Waals surface area contributed by atoms with Crippen LogP contribution in [0.1, 0.15) is 18.9 Å². The smallest absolute Gasteiger partial charge is 0.124 e. The third-order valence-corrected chi connectivity index (χ3v) is 4.80. The van der Waals surface area contributed by atoms with E-state index in [2.05, 4.69) is 28.2 Å². The van der Waals surface area contributed by atoms with Crippen LogP contribution in [0.25, 0.3) is 0 Å². The highest BCUT2D eigenvalue weighted by molar-refractivity contribution is 9.10. The van der Waals surface area contributed by atoms with Crippen molar-refractivity contribution in [3.63, 3.8) is 0 Å². The molecule has 112 valence electrons. The molecule has 20 heavy (non-hydrogen) atoms. The molecule has 2 atom stereocenters. The van der Waals surface area contributed by atoms with Crippen LogP contribution in [-0.4, -0.2) is 36.8 Å². The molecule has 0 aliphatic carbocycles. The molecular formula is C15H21BrFNOS. The van der Waals surface area contributed by atoms with Crippen LogP contribution < -0.4 is 5.32 Å². The van der Waals surface area contributed by atoms with Crippen LogP contribution >= 0.6 is 27.7 Å². The normalized spacial score (nSPS) is 20.9. The molecular weight excluding hydrogens is 341 g/mol. The van der Waals surface area contributed by atoms with Crippen LogP contribution in [0.2, 0.25) is 0 Å². The quantitative estimate of drug-likeness (QED) is 0.835. The molecule has 0 amide bonds. The molecule has 2 unspecified atom stereocenters. The molecule has 5 heteroatoms. The third-order valence-electron chi connectivity index (χ3n) is 3.32. The molecule has 0 bridgehead atoms. The lowest BCUT2D eigenvalue weighted by molar-refractivity contribution is 0.0472. The Morgan fingerprint density at radius 1 is 1.50 bits per heavy atom. The molecule has 1 aromatic rings. The lowest BCUT2D eigenvalue weighted by atomic mass is 10.0. The van der Waals surface area contributed by atoms with Gasteiger partial charge in [0.1, 0.15) is 5.82 Å². The Balaban J connectivity index is 2.05. The molecule has 1 aliphatic rings. The molecule has 2 rings (SSSR count). The average Bonchev–Trinajstić information content (AvgIpc) is 2.43. The molecule has 2 nitrogen and oxygen atoms in total. The standard InChI is InChI=1S/C15H21BrFNOS/c1-2-3-18-14(15-10-20-5-4-19-15)8-11-6-12(16)9-13(17)7-11/h6-7,9,14-15,18H,2-5,8,10H2,1H3. The van der Waals surface area contributed by atoms with E-state index in [1.54, 1.807) is 6.07 Å². The Morgan fingerprint density at radius 3 is 3.00 bits per heavy atom. The Hall–Kier alpha value is -0.100. The maximum absolute atomic E-state index is 13.5. The summed E-state index contributed by atoms with van der Waals surface area (Å²) >= 11 is 5.29. The first-order valence-electron chi connectivity index (χ1n) is 7.06. The van der Waals surface area contributed by atoms with E-state index >= 15 is 0 Å². The fraction of sp³-hybridized carbons (Fsp3) is 0.600. The van der Waals surface area contributed by atoms with Crippen molar-refractivity contribution < 1.29 is 9.13 Å². The van der Waals surface area contributed by atoms with E-state index in [0.29, 0.717) is 0 Å². The van der Waals surface area contributed by atoms with Crippen LogP contribution in [0, 0.1) is 5.82 Å². The summed E-state index contributed by atoms with van der Waals surface area (Å²) in [5.74, 6) is 1.89. The molecule has 0 saturated carbocycles. The number of ether oxygens (including phenoxy) is 1. The van der Waals surface area contributed by atoms with Crippen LogP contribution in [0.4, 0.5) is 4.39 Å². The minimum absolute atomic E-state index is 0.192. The van der Waals surface area contributed by atoms with E-state index in [1.807, 2.05) is 17.8 Å². The minimum Gasteiger partial charge on any atom is -0.375 e. The average molecular weight is 362 g/mol. The number of hydrogen-bond acceptors (Lipinski definition) is 3. The van der Waals surface area contributed by atoms with Crippen molar-refractivity contribution in [1.82, 2.24) is 5.32 Å². The van der Waals surface area contributed by atoms with Crippen molar-refractivity contribution in [3.05, 3.63) is 34.1 Å². The van der Waals surface area contributed by atoms with Crippen molar-refractivity contribution in [2.24, 2.45) is 0 Å². The van der Waals surface area contributed by atoms with E-state index in [9.17, 15) is 4.39 Å². The van der Waals surface area contributed by atoms with Gasteiger partial charge in [-0.2, -0.15) is 11.8 Å². The van der Waals surface area contributed by atoms with Crippen molar-refractivity contribution in [2.75, 3.05) is 24.7 Å². The Labute approximate surface area is 133 Å². The number of thioether (sulfide) groups is 1. The largest absolute Gasteiger partial charge is 0.375 e. The number of nitrogens with one attached hydrogen (secondary N) is 1. The maximum Gasteiger partial charge on any atom is 0.124 e. The van der Waals surface area contributed by atoms with Gasteiger partial charge in [0.05, 0.1) is 12.7 Å². The molecule has 0 spiro atoms. The topological polar surface area (TPSA) is 21.3 Å². The van der Waals surface area contributed by atoms with Gasteiger partial charge in [-0.25, -0.2) is 4.39 Å². The zero-order valence-corrected chi connectivity index (χ0v) is 14.1. The van der Waals surface area contributed by atoms with E-state index in [0.717, 1.165) is 47.5 Å². The second kappa shape index (κ2) is 8.37. The van der Waals surface area contributed by atoms with Gasteiger partial charge in [0.25, 0.3) is 0 Å². The fourth-order valence-electron chi connectivity index (χ4n) is 2.39. The molecule has 0 radical (unpaired) electrons. The van der Waals surface area contributed by atoms with Gasteiger partial charge in [-0.15, -0.1) is 0 Å². The fourth-order valence-corrected chi connectivity index (χ4v) is 3.84. The van der Waals surface area contributed by atoms with Crippen LogP contribution in [0.5, 0.6) is 0 Å². The van der Waals surface area contributed by atoms with Gasteiger partial charge in [-0.3, -0.25) is 0 Å². The zero-order chi connectivity index (χ0) is 14.4. The lowest BCUT2D eigenvalue weighted by Crippen LogP contribution is -2.46. The van der Waals surface area contributed by atoms with E-state index in [1.165, 1.54) is 6.07 Å². The molecule has 1 aromatic carbocycles. The predicted molar refractivity (Wildman–Crippen MR) is 87.0 cm³/mol. The van der Waals surface area contributed by atoms with Crippen LogP contribution in [-0.2, 0) is 11.2 Å². The van der Waals surface area contributed by atoms with Crippen molar-refractivity contribution in [1.29, 1.82) is 0 Å². The van der Waals surface area contributed by atoms with Crippen LogP contribution in [0.3, 0.4) is 0 Å². The number of halogens is 2. The SMILES string of the molecule is CCCNC(Cc1cc(F)cc(Br)c1)C1CSCCO1. The van der Waals surface area contributed by atoms with Crippen molar-refractivity contribution in [3.8, 4) is 0 Å². The van der Waals surface area contributed by atoms with Gasteiger partial charge < -0.3 is 10.1 Å². The highest BCUT2D eigenvalue weighted by Crippen LogP contribution is 2.21. The van der Waals surface area contributed by atoms with E-state index in [-0.39, 0.29) is 18.0 Å². The van der Waals surface area contributed by atoms with Gasteiger partial charge in [0, 0.05) is 22.0 Å². The first kappa shape index (κ1) is 16.3. The van der Waals surface area contributed by atoms with Gasteiger partial charge in [-0.05, 0) is 43.1 Å². The number of rotatable bonds is 6. The summed E-state index contributed by atoms with van der Waals surface area (Å²) in [7, 11) is 0. The third kappa shape index (κ3) is 5.02. The Kier molecular flexibility index (Phi) is 6.81. The Bertz CT molecular complexity index is 406. The first-order valence-corrected chi connectivity index (χ1v) is 9.01. The summed E-state index contributed by atoms with van der Waals surface area (Å²) in [5.41, 5.74) is 1.00. The van der Waals surface area contributed by atoms with E-state index in [4.69, 9.17) is 4.74 Å². The highest BCUT2D eigenvalue weighted by Gasteiger charge is 2.24. The molecule has 1 fully saturated rings. The van der Waals surface area contributed by atoms with Gasteiger partial charge in [0.15, 0.2) is 0 Å². The number of hydrogen-bond donors (Lipinski definition) is 1. The minimum atomic E-state index is -0.192. The highest BCUT2D eigenvalue weighted by atomic mass is 79.9. The molecule has 0 aromatic heterocycles. The molecule has 1 saturated heterocycles. The molecule has 1 N–H and O–H groups in total. The first-order chi connectivity index (χ1) is 9.69. The molecule has 1 aliphatic heterocycles. The van der Waals surface area contributed by atoms with Crippen molar-refractivity contribution >= 4 is 27.7 Å². The van der Waals surface area contributed by atoms with Gasteiger partial charge in [-0.1, -0.05) is 22.9 Å². The Morgan fingerprint density at radius 2 is 2.35 bits per heavy atom. The number of benzene rings is 1. The summed E-state index contributed by atoms with van der Waals surface area (Å²) in [6.07, 6.45) is 2.09. The van der Waals surface area contributed by atoms with Crippen molar-refractivity contribution in [2.45, 2.75) is 31.9 Å². The second-order valence-corrected chi connectivity index (χ2v) is 7.09. The summed E-state index contributed by atoms with van der Waals surface area (Å²) in [6.45, 7) is 3.93. The zero-order valence-electron chi connectivity index (χ0n) is 11.7. The maximum atomic E-state index is 13.5. The predicted octanol–water partition coefficient (Wildman–Crippen LogP) is 3.63. The van der Waals surface area contributed by atoms with Crippen LogP contribution in [0.15, 0.2) is 22.7 Å². The van der Waals surface area contributed by atoms with Gasteiger partial charge >= 0.3 is 0 Å². The second-order valence-electron chi connectivity index (χ2n) is 5.03. The van der Waals surface area contributed by atoms with Gasteiger partial charge in [0.2, 0.25) is 0 Å². The summed E-state index contributed by atoms with van der Waals surface area (Å²) in [6, 6.07) is 5.34. The lowest BCUT2D eigenvalue weighted by Gasteiger charge is -2.31. The summed E-state index contributed by atoms with van der Waals surface area (Å²) < 4.78 is 20.2. The molecule has 1 heterocycles. The monoisotopic (exact) mass is 361 g/mol. The summed E-state index contributed by atoms with van der Waals surface area (Å²) in [4.78, 5) is 0. The summed E-state index contributed by atoms with van der Waals surface area (Å²) in [5, 5.41) is 3.55.